The van der Waals surface area contributed by atoms with E-state index in [2.05, 4.69) is 9.98 Å². The second kappa shape index (κ2) is 4.40. The number of ether oxygens (including phenoxy) is 1. The summed E-state index contributed by atoms with van der Waals surface area (Å²) in [5, 5.41) is 2.97. The van der Waals surface area contributed by atoms with Crippen LogP contribution in [0.2, 0.25) is 0 Å². The molecule has 1 aliphatic heterocycles. The number of aliphatic imine (C=N–C) groups is 1. The van der Waals surface area contributed by atoms with Crippen molar-refractivity contribution in [3.63, 3.8) is 0 Å². The van der Waals surface area contributed by atoms with Crippen molar-refractivity contribution in [1.29, 1.82) is 0 Å². The van der Waals surface area contributed by atoms with Crippen molar-refractivity contribution in [1.82, 2.24) is 4.98 Å². The van der Waals surface area contributed by atoms with E-state index in [1.54, 1.807) is 17.5 Å². The number of hydrogen-bond donors (Lipinski definition) is 2. The normalized spacial score (nSPS) is 30.7. The van der Waals surface area contributed by atoms with Crippen LogP contribution >= 0.6 is 11.3 Å². The number of hydrogen-bond acceptors (Lipinski definition) is 6. The molecule has 4 N–H and O–H groups in total. The Morgan fingerprint density at radius 2 is 2.44 bits per heavy atom. The third-order valence-electron chi connectivity index (χ3n) is 2.94. The Hall–Kier alpha value is -1.34. The molecule has 5 nitrogen and oxygen atoms in total. The molecule has 0 saturated carbocycles. The van der Waals surface area contributed by atoms with Crippen molar-refractivity contribution >= 4 is 17.0 Å². The Kier molecular flexibility index (Phi) is 2.87. The molecule has 6 heteroatoms. The van der Waals surface area contributed by atoms with E-state index < -0.39 is 11.9 Å². The van der Waals surface area contributed by atoms with E-state index in [-0.39, 0.29) is 0 Å². The van der Waals surface area contributed by atoms with Gasteiger partial charge < -0.3 is 10.5 Å². The number of allylic oxidation sites excluding steroid dienone is 1. The van der Waals surface area contributed by atoms with E-state index in [0.29, 0.717) is 13.0 Å². The van der Waals surface area contributed by atoms with Crippen molar-refractivity contribution in [2.45, 2.75) is 18.3 Å². The molecule has 1 aromatic heterocycles. The Bertz CT molecular complexity index is 534. The van der Waals surface area contributed by atoms with Gasteiger partial charge in [-0.25, -0.2) is 9.98 Å². The summed E-state index contributed by atoms with van der Waals surface area (Å²) in [5.74, 6) is 0. The topological polar surface area (TPSA) is 86.5 Å². The van der Waals surface area contributed by atoms with Crippen LogP contribution in [-0.2, 0) is 11.2 Å². The van der Waals surface area contributed by atoms with Gasteiger partial charge in [-0.1, -0.05) is 12.2 Å². The summed E-state index contributed by atoms with van der Waals surface area (Å²) in [4.78, 5) is 8.48. The van der Waals surface area contributed by atoms with Crippen molar-refractivity contribution in [2.75, 3.05) is 6.61 Å². The van der Waals surface area contributed by atoms with Gasteiger partial charge in [0.1, 0.15) is 0 Å². The van der Waals surface area contributed by atoms with Gasteiger partial charge in [0, 0.05) is 23.6 Å². The Labute approximate surface area is 109 Å². The first kappa shape index (κ1) is 11.7. The molecule has 1 aromatic rings. The molecule has 0 radical (unpaired) electrons. The lowest BCUT2D eigenvalue weighted by Gasteiger charge is -2.29. The van der Waals surface area contributed by atoms with Crippen LogP contribution in [0, 0.1) is 0 Å². The summed E-state index contributed by atoms with van der Waals surface area (Å²) < 4.78 is 5.30. The van der Waals surface area contributed by atoms with Crippen LogP contribution in [-0.4, -0.2) is 29.2 Å². The fourth-order valence-electron chi connectivity index (χ4n) is 2.09. The summed E-state index contributed by atoms with van der Waals surface area (Å²) in [6, 6.07) is 0. The highest BCUT2D eigenvalue weighted by Gasteiger charge is 2.28. The molecule has 94 valence electrons. The van der Waals surface area contributed by atoms with E-state index >= 15 is 0 Å². The van der Waals surface area contributed by atoms with Crippen LogP contribution < -0.4 is 11.5 Å². The average Bonchev–Trinajstić information content (AvgIpc) is 2.82. The minimum absolute atomic E-state index is 0.459. The molecule has 0 fully saturated rings. The fourth-order valence-corrected chi connectivity index (χ4v) is 2.82. The zero-order valence-corrected chi connectivity index (χ0v) is 10.6. The molecule has 2 heterocycles. The predicted octanol–water partition coefficient (Wildman–Crippen LogP) is 0.593. The fraction of sp³-hybridized carbons (Fsp3) is 0.333. The molecule has 1 aliphatic carbocycles. The summed E-state index contributed by atoms with van der Waals surface area (Å²) in [6.45, 7) is 0.459. The molecular weight excluding hydrogens is 248 g/mol. The summed E-state index contributed by atoms with van der Waals surface area (Å²) in [6.07, 6.45) is 7.79. The lowest BCUT2D eigenvalue weighted by molar-refractivity contribution is 0.0770. The maximum Gasteiger partial charge on any atom is 0.202 e. The molecule has 2 unspecified atom stereocenters. The first-order chi connectivity index (χ1) is 8.65. The minimum atomic E-state index is -0.564. The first-order valence-corrected chi connectivity index (χ1v) is 6.56. The molecule has 18 heavy (non-hydrogen) atoms. The molecule has 0 spiro atoms. The van der Waals surface area contributed by atoms with Gasteiger partial charge in [-0.15, -0.1) is 11.3 Å². The van der Waals surface area contributed by atoms with Gasteiger partial charge in [-0.05, 0) is 6.08 Å². The highest BCUT2D eigenvalue weighted by molar-refractivity contribution is 7.09. The average molecular weight is 262 g/mol. The van der Waals surface area contributed by atoms with E-state index in [0.717, 1.165) is 16.3 Å². The zero-order chi connectivity index (χ0) is 12.6. The lowest BCUT2D eigenvalue weighted by atomic mass is 9.87. The van der Waals surface area contributed by atoms with Crippen molar-refractivity contribution in [2.24, 2.45) is 16.5 Å². The summed E-state index contributed by atoms with van der Waals surface area (Å²) >= 11 is 1.61. The Balaban J connectivity index is 1.86. The highest BCUT2D eigenvalue weighted by Crippen LogP contribution is 2.24. The SMILES string of the molecule is NC1N=C2C=CC(N)(Cc3nccs3)C=C2CO1. The third-order valence-corrected chi connectivity index (χ3v) is 3.72. The van der Waals surface area contributed by atoms with Crippen LogP contribution in [0.4, 0.5) is 0 Å². The van der Waals surface area contributed by atoms with Crippen LogP contribution in [0.15, 0.2) is 40.4 Å². The van der Waals surface area contributed by atoms with Gasteiger partial charge in [0.2, 0.25) is 6.35 Å². The summed E-state index contributed by atoms with van der Waals surface area (Å²) in [7, 11) is 0. The molecule has 2 atom stereocenters. The zero-order valence-electron chi connectivity index (χ0n) is 9.74. The van der Waals surface area contributed by atoms with Gasteiger partial charge in [0.15, 0.2) is 0 Å². The number of fused-ring (bicyclic) bond motifs is 1. The number of nitrogens with zero attached hydrogens (tertiary/aromatic N) is 2. The standard InChI is InChI=1S/C12H14N4OS/c13-11-16-9-1-2-12(14,5-8(9)7-17-11)6-10-15-3-4-18-10/h1-5,11H,6-7,13-14H2. The van der Waals surface area contributed by atoms with E-state index in [1.165, 1.54) is 0 Å². The molecule has 3 rings (SSSR count). The van der Waals surface area contributed by atoms with Gasteiger partial charge in [-0.2, -0.15) is 0 Å². The smallest absolute Gasteiger partial charge is 0.202 e. The lowest BCUT2D eigenvalue weighted by Crippen LogP contribution is -2.42. The van der Waals surface area contributed by atoms with Crippen LogP contribution in [0.5, 0.6) is 0 Å². The van der Waals surface area contributed by atoms with Gasteiger partial charge >= 0.3 is 0 Å². The molecule has 0 saturated heterocycles. The maximum absolute atomic E-state index is 6.35. The number of aromatic nitrogens is 1. The number of nitrogens with two attached hydrogens (primary N) is 2. The van der Waals surface area contributed by atoms with Gasteiger partial charge in [-0.3, -0.25) is 5.73 Å². The van der Waals surface area contributed by atoms with Crippen molar-refractivity contribution < 1.29 is 4.74 Å². The van der Waals surface area contributed by atoms with Gasteiger partial charge in [0.05, 0.1) is 22.9 Å². The second-order valence-electron chi connectivity index (χ2n) is 4.43. The maximum atomic E-state index is 6.35. The second-order valence-corrected chi connectivity index (χ2v) is 5.41. The first-order valence-electron chi connectivity index (χ1n) is 5.68. The van der Waals surface area contributed by atoms with Crippen molar-refractivity contribution in [3.8, 4) is 0 Å². The van der Waals surface area contributed by atoms with E-state index in [9.17, 15) is 0 Å². The number of rotatable bonds is 2. The Morgan fingerprint density at radius 1 is 1.56 bits per heavy atom. The largest absolute Gasteiger partial charge is 0.339 e. The molecular formula is C12H14N4OS. The monoisotopic (exact) mass is 262 g/mol. The molecule has 0 bridgehead atoms. The van der Waals surface area contributed by atoms with E-state index in [4.69, 9.17) is 16.2 Å². The van der Waals surface area contributed by atoms with E-state index in [1.807, 2.05) is 23.6 Å². The molecule has 0 aromatic carbocycles. The van der Waals surface area contributed by atoms with Gasteiger partial charge in [0.25, 0.3) is 0 Å². The molecule has 0 amide bonds. The molecule has 2 aliphatic rings. The quantitative estimate of drug-likeness (QED) is 0.817. The van der Waals surface area contributed by atoms with Crippen LogP contribution in [0.25, 0.3) is 0 Å². The highest BCUT2D eigenvalue weighted by atomic mass is 32.1. The third kappa shape index (κ3) is 2.28. The Morgan fingerprint density at radius 3 is 3.22 bits per heavy atom. The summed E-state index contributed by atoms with van der Waals surface area (Å²) in [5.41, 5.74) is 13.3. The minimum Gasteiger partial charge on any atom is -0.339 e. The van der Waals surface area contributed by atoms with Crippen molar-refractivity contribution in [3.05, 3.63) is 40.4 Å². The number of thiazole rings is 1. The van der Waals surface area contributed by atoms with Crippen LogP contribution in [0.3, 0.4) is 0 Å². The van der Waals surface area contributed by atoms with Crippen LogP contribution in [0.1, 0.15) is 5.01 Å². The predicted molar refractivity (Wildman–Crippen MR) is 71.3 cm³/mol.